The van der Waals surface area contributed by atoms with Gasteiger partial charge in [0.05, 0.1) is 6.61 Å². The molecule has 1 fully saturated rings. The van der Waals surface area contributed by atoms with Gasteiger partial charge in [-0.3, -0.25) is 14.5 Å². The lowest BCUT2D eigenvalue weighted by Crippen LogP contribution is -2.53. The summed E-state index contributed by atoms with van der Waals surface area (Å²) < 4.78 is 0. The molecule has 1 saturated heterocycles. The van der Waals surface area contributed by atoms with Gasteiger partial charge in [0.2, 0.25) is 0 Å². The molecule has 0 spiro atoms. The standard InChI is InChI=1S/C13H25N3O3/c1-2-3-4-5-14-12(18)13(19)16-8-6-15(7-9-16)10-11-17/h17H,2-11H2,1H3,(H,14,18). The van der Waals surface area contributed by atoms with E-state index in [0.29, 0.717) is 26.2 Å². The van der Waals surface area contributed by atoms with Crippen molar-refractivity contribution in [3.63, 3.8) is 0 Å². The van der Waals surface area contributed by atoms with E-state index in [9.17, 15) is 9.59 Å². The molecule has 19 heavy (non-hydrogen) atoms. The zero-order chi connectivity index (χ0) is 14.1. The number of nitrogens with zero attached hydrogens (tertiary/aromatic N) is 2. The average molecular weight is 271 g/mol. The first-order valence-electron chi connectivity index (χ1n) is 7.09. The molecule has 6 nitrogen and oxygen atoms in total. The van der Waals surface area contributed by atoms with Crippen LogP contribution in [0, 0.1) is 0 Å². The predicted octanol–water partition coefficient (Wildman–Crippen LogP) is -0.571. The van der Waals surface area contributed by atoms with Crippen molar-refractivity contribution in [2.45, 2.75) is 26.2 Å². The minimum atomic E-state index is -0.494. The van der Waals surface area contributed by atoms with Gasteiger partial charge in [0.15, 0.2) is 0 Å². The van der Waals surface area contributed by atoms with Gasteiger partial charge in [0.1, 0.15) is 0 Å². The van der Waals surface area contributed by atoms with E-state index in [1.54, 1.807) is 4.90 Å². The largest absolute Gasteiger partial charge is 0.395 e. The van der Waals surface area contributed by atoms with Crippen LogP contribution < -0.4 is 5.32 Å². The fraction of sp³-hybridized carbons (Fsp3) is 0.846. The Morgan fingerprint density at radius 3 is 2.42 bits per heavy atom. The minimum absolute atomic E-state index is 0.131. The number of β-amino-alcohol motifs (C(OH)–C–C–N with tert-alkyl or cyclic N) is 1. The molecule has 6 heteroatoms. The Kier molecular flexibility index (Phi) is 7.43. The molecule has 0 aromatic carbocycles. The summed E-state index contributed by atoms with van der Waals surface area (Å²) in [4.78, 5) is 27.2. The van der Waals surface area contributed by atoms with Crippen LogP contribution in [0.2, 0.25) is 0 Å². The lowest BCUT2D eigenvalue weighted by molar-refractivity contribution is -0.147. The van der Waals surface area contributed by atoms with Crippen LogP contribution in [0.4, 0.5) is 0 Å². The fourth-order valence-electron chi connectivity index (χ4n) is 2.11. The summed E-state index contributed by atoms with van der Waals surface area (Å²) in [6, 6.07) is 0. The number of carbonyl (C=O) groups excluding carboxylic acids is 2. The van der Waals surface area contributed by atoms with E-state index in [1.165, 1.54) is 0 Å². The normalized spacial score (nSPS) is 16.4. The topological polar surface area (TPSA) is 72.9 Å². The molecule has 0 aromatic rings. The number of hydrogen-bond donors (Lipinski definition) is 2. The number of nitrogens with one attached hydrogen (secondary N) is 1. The number of aliphatic hydroxyl groups excluding tert-OH is 1. The molecule has 1 aliphatic heterocycles. The number of hydrogen-bond acceptors (Lipinski definition) is 4. The van der Waals surface area contributed by atoms with E-state index in [2.05, 4.69) is 17.1 Å². The van der Waals surface area contributed by atoms with Crippen LogP contribution in [-0.2, 0) is 9.59 Å². The zero-order valence-corrected chi connectivity index (χ0v) is 11.7. The van der Waals surface area contributed by atoms with Crippen molar-refractivity contribution >= 4 is 11.8 Å². The number of piperazine rings is 1. The Labute approximate surface area is 114 Å². The van der Waals surface area contributed by atoms with Gasteiger partial charge >= 0.3 is 11.8 Å². The smallest absolute Gasteiger partial charge is 0.311 e. The summed E-state index contributed by atoms with van der Waals surface area (Å²) in [5.74, 6) is -0.924. The Hall–Kier alpha value is -1.14. The predicted molar refractivity (Wildman–Crippen MR) is 72.6 cm³/mol. The summed E-state index contributed by atoms with van der Waals surface area (Å²) >= 11 is 0. The van der Waals surface area contributed by atoms with Gasteiger partial charge in [-0.1, -0.05) is 19.8 Å². The maximum atomic E-state index is 11.9. The second kappa shape index (κ2) is 8.87. The third kappa shape index (κ3) is 5.57. The molecular weight excluding hydrogens is 246 g/mol. The van der Waals surface area contributed by atoms with E-state index in [1.807, 2.05) is 0 Å². The highest BCUT2D eigenvalue weighted by Gasteiger charge is 2.25. The van der Waals surface area contributed by atoms with Crippen LogP contribution in [0.15, 0.2) is 0 Å². The van der Waals surface area contributed by atoms with Gasteiger partial charge in [-0.05, 0) is 6.42 Å². The molecule has 110 valence electrons. The Morgan fingerprint density at radius 2 is 1.84 bits per heavy atom. The monoisotopic (exact) mass is 271 g/mol. The quantitative estimate of drug-likeness (QED) is 0.501. The number of carbonyl (C=O) groups is 2. The first-order valence-corrected chi connectivity index (χ1v) is 7.09. The maximum Gasteiger partial charge on any atom is 0.311 e. The summed E-state index contributed by atoms with van der Waals surface area (Å²) in [5.41, 5.74) is 0. The van der Waals surface area contributed by atoms with Crippen LogP contribution in [0.3, 0.4) is 0 Å². The minimum Gasteiger partial charge on any atom is -0.395 e. The second-order valence-electron chi connectivity index (χ2n) is 4.82. The highest BCUT2D eigenvalue weighted by molar-refractivity contribution is 6.35. The highest BCUT2D eigenvalue weighted by Crippen LogP contribution is 2.01. The van der Waals surface area contributed by atoms with Crippen molar-refractivity contribution in [3.8, 4) is 0 Å². The molecule has 2 N–H and O–H groups in total. The van der Waals surface area contributed by atoms with Gasteiger partial charge in [-0.25, -0.2) is 0 Å². The van der Waals surface area contributed by atoms with E-state index in [-0.39, 0.29) is 6.61 Å². The Bertz CT molecular complexity index is 289. The molecule has 2 amide bonds. The van der Waals surface area contributed by atoms with Crippen LogP contribution in [0.25, 0.3) is 0 Å². The van der Waals surface area contributed by atoms with E-state index in [4.69, 9.17) is 5.11 Å². The van der Waals surface area contributed by atoms with Crippen molar-refractivity contribution in [2.75, 3.05) is 45.9 Å². The summed E-state index contributed by atoms with van der Waals surface area (Å²) in [6.07, 6.45) is 3.07. The van der Waals surface area contributed by atoms with Gasteiger partial charge in [-0.15, -0.1) is 0 Å². The number of amides is 2. The van der Waals surface area contributed by atoms with Crippen molar-refractivity contribution in [3.05, 3.63) is 0 Å². The third-order valence-electron chi connectivity index (χ3n) is 3.34. The van der Waals surface area contributed by atoms with Gasteiger partial charge < -0.3 is 15.3 Å². The van der Waals surface area contributed by atoms with Crippen LogP contribution in [0.1, 0.15) is 26.2 Å². The Balaban J connectivity index is 2.24. The van der Waals surface area contributed by atoms with E-state index < -0.39 is 11.8 Å². The van der Waals surface area contributed by atoms with Crippen LogP contribution in [0.5, 0.6) is 0 Å². The Morgan fingerprint density at radius 1 is 1.16 bits per heavy atom. The number of rotatable bonds is 6. The second-order valence-corrected chi connectivity index (χ2v) is 4.82. The highest BCUT2D eigenvalue weighted by atomic mass is 16.3. The summed E-state index contributed by atoms with van der Waals surface area (Å²) in [7, 11) is 0. The zero-order valence-electron chi connectivity index (χ0n) is 11.7. The van der Waals surface area contributed by atoms with Crippen molar-refractivity contribution in [1.82, 2.24) is 15.1 Å². The first-order chi connectivity index (χ1) is 9.19. The molecule has 0 saturated carbocycles. The van der Waals surface area contributed by atoms with Crippen molar-refractivity contribution in [2.24, 2.45) is 0 Å². The van der Waals surface area contributed by atoms with Crippen molar-refractivity contribution in [1.29, 1.82) is 0 Å². The van der Waals surface area contributed by atoms with Gasteiger partial charge in [0, 0.05) is 39.3 Å². The molecule has 0 atom stereocenters. The van der Waals surface area contributed by atoms with Gasteiger partial charge in [-0.2, -0.15) is 0 Å². The molecule has 0 bridgehead atoms. The fourth-order valence-corrected chi connectivity index (χ4v) is 2.11. The lowest BCUT2D eigenvalue weighted by atomic mass is 10.2. The molecule has 1 rings (SSSR count). The third-order valence-corrected chi connectivity index (χ3v) is 3.34. The molecule has 0 radical (unpaired) electrons. The van der Waals surface area contributed by atoms with E-state index in [0.717, 1.165) is 32.4 Å². The molecule has 1 aliphatic rings. The van der Waals surface area contributed by atoms with Crippen molar-refractivity contribution < 1.29 is 14.7 Å². The summed E-state index contributed by atoms with van der Waals surface area (Å²) in [5, 5.41) is 11.5. The van der Waals surface area contributed by atoms with Gasteiger partial charge in [0.25, 0.3) is 0 Å². The molecule has 1 heterocycles. The molecule has 0 aliphatic carbocycles. The lowest BCUT2D eigenvalue weighted by Gasteiger charge is -2.33. The van der Waals surface area contributed by atoms with E-state index >= 15 is 0 Å². The SMILES string of the molecule is CCCCCNC(=O)C(=O)N1CCN(CCO)CC1. The summed E-state index contributed by atoms with van der Waals surface area (Å²) in [6.45, 7) is 5.98. The average Bonchev–Trinajstić information content (AvgIpc) is 2.44. The maximum absolute atomic E-state index is 11.9. The molecular formula is C13H25N3O3. The van der Waals surface area contributed by atoms with Crippen LogP contribution in [-0.4, -0.2) is 72.6 Å². The molecule has 0 aromatic heterocycles. The van der Waals surface area contributed by atoms with Crippen LogP contribution >= 0.6 is 0 Å². The first kappa shape index (κ1) is 15.9. The molecule has 0 unspecified atom stereocenters. The number of unbranched alkanes of at least 4 members (excludes halogenated alkanes) is 2. The number of aliphatic hydroxyl groups is 1.